The summed E-state index contributed by atoms with van der Waals surface area (Å²) in [5.74, 6) is -0.518. The summed E-state index contributed by atoms with van der Waals surface area (Å²) in [5, 5.41) is 6.51. The first kappa shape index (κ1) is 27.8. The number of piperazine rings is 1. The number of hydrogen-bond donors (Lipinski definition) is 2. The van der Waals surface area contributed by atoms with Crippen molar-refractivity contribution in [2.75, 3.05) is 52.4 Å². The largest absolute Gasteiger partial charge is 0.463 e. The number of rotatable bonds is 9. The van der Waals surface area contributed by atoms with Gasteiger partial charge in [-0.15, -0.1) is 6.58 Å². The normalized spacial score (nSPS) is 18.7. The van der Waals surface area contributed by atoms with Crippen molar-refractivity contribution in [2.24, 2.45) is 0 Å². The molecule has 11 heteroatoms. The van der Waals surface area contributed by atoms with Gasteiger partial charge in [-0.2, -0.15) is 0 Å². The third kappa shape index (κ3) is 6.52. The molecule has 0 aliphatic carbocycles. The SMILES string of the molecule is C=CCN1C(=O)N[C@@H](c2ccc(Cl)c(Cl)c2)C(C(=O)OCC)=C1CN1CCN(C(=O)NCCC)CC1. The van der Waals surface area contributed by atoms with Gasteiger partial charge in [0.05, 0.1) is 28.3 Å². The minimum atomic E-state index is -0.761. The molecule has 0 spiro atoms. The van der Waals surface area contributed by atoms with Gasteiger partial charge in [0.1, 0.15) is 0 Å². The van der Waals surface area contributed by atoms with Gasteiger partial charge in [-0.25, -0.2) is 14.4 Å². The second-order valence-corrected chi connectivity index (χ2v) is 9.35. The molecule has 9 nitrogen and oxygen atoms in total. The molecule has 1 aromatic carbocycles. The number of nitrogens with zero attached hydrogens (tertiary/aromatic N) is 3. The van der Waals surface area contributed by atoms with Gasteiger partial charge in [0.2, 0.25) is 0 Å². The molecular formula is C25H33Cl2N5O4. The summed E-state index contributed by atoms with van der Waals surface area (Å²) in [5.41, 5.74) is 1.49. The standard InChI is InChI=1S/C25H33Cl2N5O4/c1-4-9-28-24(34)31-13-11-30(12-14-31)16-20-21(23(33)36-6-3)22(29-25(35)32(20)10-5-2)17-7-8-18(26)19(27)15-17/h5,7-8,15,22H,2,4,6,9-14,16H2,1,3H3,(H,28,34)(H,29,35)/t22-/m0/s1. The quantitative estimate of drug-likeness (QED) is 0.369. The molecule has 2 N–H and O–H groups in total. The molecule has 2 heterocycles. The van der Waals surface area contributed by atoms with Crippen molar-refractivity contribution in [1.82, 2.24) is 25.3 Å². The van der Waals surface area contributed by atoms with Crippen molar-refractivity contribution < 1.29 is 19.1 Å². The topological polar surface area (TPSA) is 94.2 Å². The van der Waals surface area contributed by atoms with Crippen LogP contribution in [-0.2, 0) is 9.53 Å². The fraction of sp³-hybridized carbons (Fsp3) is 0.480. The Morgan fingerprint density at radius 3 is 2.53 bits per heavy atom. The number of halogens is 2. The highest BCUT2D eigenvalue weighted by Crippen LogP contribution is 2.35. The van der Waals surface area contributed by atoms with Gasteiger partial charge in [0, 0.05) is 51.5 Å². The number of benzene rings is 1. The van der Waals surface area contributed by atoms with Gasteiger partial charge in [-0.1, -0.05) is 42.3 Å². The number of esters is 1. The molecule has 4 amide bonds. The van der Waals surface area contributed by atoms with Crippen LogP contribution in [0.4, 0.5) is 9.59 Å². The predicted octanol–water partition coefficient (Wildman–Crippen LogP) is 3.80. The number of nitrogens with one attached hydrogen (secondary N) is 2. The minimum Gasteiger partial charge on any atom is -0.463 e. The van der Waals surface area contributed by atoms with Gasteiger partial charge in [0.15, 0.2) is 0 Å². The van der Waals surface area contributed by atoms with E-state index in [0.29, 0.717) is 66.1 Å². The van der Waals surface area contributed by atoms with Crippen molar-refractivity contribution >= 4 is 41.2 Å². The van der Waals surface area contributed by atoms with Crippen LogP contribution in [0.3, 0.4) is 0 Å². The average molecular weight is 538 g/mol. The highest BCUT2D eigenvalue weighted by molar-refractivity contribution is 6.42. The van der Waals surface area contributed by atoms with E-state index in [1.165, 1.54) is 4.90 Å². The van der Waals surface area contributed by atoms with Gasteiger partial charge in [-0.3, -0.25) is 9.80 Å². The lowest BCUT2D eigenvalue weighted by molar-refractivity contribution is -0.139. The molecule has 0 aromatic heterocycles. The number of ether oxygens (including phenoxy) is 1. The van der Waals surface area contributed by atoms with Crippen molar-refractivity contribution in [3.63, 3.8) is 0 Å². The van der Waals surface area contributed by atoms with Crippen molar-refractivity contribution in [2.45, 2.75) is 26.3 Å². The van der Waals surface area contributed by atoms with Crippen molar-refractivity contribution in [1.29, 1.82) is 0 Å². The zero-order valence-electron chi connectivity index (χ0n) is 20.7. The zero-order chi connectivity index (χ0) is 26.2. The van der Waals surface area contributed by atoms with E-state index in [-0.39, 0.29) is 25.2 Å². The Balaban J connectivity index is 1.94. The van der Waals surface area contributed by atoms with Crippen LogP contribution >= 0.6 is 23.2 Å². The minimum absolute atomic E-state index is 0.0760. The molecule has 0 radical (unpaired) electrons. The van der Waals surface area contributed by atoms with Crippen LogP contribution in [0.15, 0.2) is 42.1 Å². The molecule has 0 bridgehead atoms. The molecule has 36 heavy (non-hydrogen) atoms. The maximum atomic E-state index is 13.3. The van der Waals surface area contributed by atoms with E-state index in [1.807, 2.05) is 6.92 Å². The second kappa shape index (κ2) is 13.0. The fourth-order valence-corrected chi connectivity index (χ4v) is 4.56. The first-order valence-electron chi connectivity index (χ1n) is 12.1. The third-order valence-electron chi connectivity index (χ3n) is 6.08. The van der Waals surface area contributed by atoms with Crippen LogP contribution in [0.5, 0.6) is 0 Å². The Labute approximate surface area is 222 Å². The predicted molar refractivity (Wildman–Crippen MR) is 140 cm³/mol. The monoisotopic (exact) mass is 537 g/mol. The lowest BCUT2D eigenvalue weighted by Gasteiger charge is -2.40. The van der Waals surface area contributed by atoms with Crippen molar-refractivity contribution in [3.05, 3.63) is 57.7 Å². The summed E-state index contributed by atoms with van der Waals surface area (Å²) in [6.07, 6.45) is 2.48. The number of hydrogen-bond acceptors (Lipinski definition) is 5. The van der Waals surface area contributed by atoms with E-state index in [4.69, 9.17) is 27.9 Å². The molecule has 2 aliphatic rings. The van der Waals surface area contributed by atoms with Crippen LogP contribution in [0.2, 0.25) is 10.0 Å². The summed E-state index contributed by atoms with van der Waals surface area (Å²) in [6, 6.07) is 3.81. The molecule has 0 unspecified atom stereocenters. The summed E-state index contributed by atoms with van der Waals surface area (Å²) >= 11 is 12.4. The lowest BCUT2D eigenvalue weighted by Crippen LogP contribution is -2.55. The molecule has 3 rings (SSSR count). The Kier molecular flexibility index (Phi) is 10.0. The van der Waals surface area contributed by atoms with Crippen molar-refractivity contribution in [3.8, 4) is 0 Å². The van der Waals surface area contributed by atoms with E-state index >= 15 is 0 Å². The molecule has 1 fully saturated rings. The average Bonchev–Trinajstić information content (AvgIpc) is 2.86. The third-order valence-corrected chi connectivity index (χ3v) is 6.82. The van der Waals surface area contributed by atoms with E-state index in [1.54, 1.807) is 36.1 Å². The zero-order valence-corrected chi connectivity index (χ0v) is 22.2. The Bertz CT molecular complexity index is 1020. The van der Waals surface area contributed by atoms with Crippen LogP contribution in [0, 0.1) is 0 Å². The molecule has 2 aliphatic heterocycles. The van der Waals surface area contributed by atoms with E-state index in [2.05, 4.69) is 22.1 Å². The highest BCUT2D eigenvalue weighted by Gasteiger charge is 2.39. The Hall–Kier alpha value is -2.75. The van der Waals surface area contributed by atoms with Gasteiger partial charge < -0.3 is 20.3 Å². The first-order chi connectivity index (χ1) is 17.3. The summed E-state index contributed by atoms with van der Waals surface area (Å²) in [4.78, 5) is 44.2. The number of carbonyl (C=O) groups excluding carboxylic acids is 3. The van der Waals surface area contributed by atoms with E-state index in [0.717, 1.165) is 6.42 Å². The second-order valence-electron chi connectivity index (χ2n) is 8.53. The van der Waals surface area contributed by atoms with Crippen LogP contribution in [-0.4, -0.2) is 85.2 Å². The van der Waals surface area contributed by atoms with Gasteiger partial charge in [-0.05, 0) is 31.0 Å². The highest BCUT2D eigenvalue weighted by atomic mass is 35.5. The number of carbonyl (C=O) groups is 3. The number of amides is 4. The molecule has 1 aromatic rings. The Morgan fingerprint density at radius 1 is 1.19 bits per heavy atom. The molecule has 1 atom stereocenters. The number of urea groups is 2. The summed E-state index contributed by atoms with van der Waals surface area (Å²) < 4.78 is 5.41. The molecule has 1 saturated heterocycles. The van der Waals surface area contributed by atoms with Crippen LogP contribution < -0.4 is 10.6 Å². The van der Waals surface area contributed by atoms with Gasteiger partial charge >= 0.3 is 18.0 Å². The fourth-order valence-electron chi connectivity index (χ4n) is 4.25. The summed E-state index contributed by atoms with van der Waals surface area (Å²) in [7, 11) is 0. The van der Waals surface area contributed by atoms with Gasteiger partial charge in [0.25, 0.3) is 0 Å². The smallest absolute Gasteiger partial charge is 0.338 e. The maximum Gasteiger partial charge on any atom is 0.338 e. The first-order valence-corrected chi connectivity index (χ1v) is 12.8. The van der Waals surface area contributed by atoms with Crippen LogP contribution in [0.1, 0.15) is 31.9 Å². The molecular weight excluding hydrogens is 505 g/mol. The molecule has 0 saturated carbocycles. The van der Waals surface area contributed by atoms with E-state index in [9.17, 15) is 14.4 Å². The maximum absolute atomic E-state index is 13.3. The summed E-state index contributed by atoms with van der Waals surface area (Å²) in [6.45, 7) is 11.2. The Morgan fingerprint density at radius 2 is 1.92 bits per heavy atom. The van der Waals surface area contributed by atoms with Crippen LogP contribution in [0.25, 0.3) is 0 Å². The lowest BCUT2D eigenvalue weighted by atomic mass is 9.94. The molecule has 196 valence electrons. The van der Waals surface area contributed by atoms with E-state index < -0.39 is 12.0 Å².